The van der Waals surface area contributed by atoms with Gasteiger partial charge in [0.1, 0.15) is 5.69 Å². The lowest BCUT2D eigenvalue weighted by Gasteiger charge is -2.22. The third-order valence-electron chi connectivity index (χ3n) is 3.90. The van der Waals surface area contributed by atoms with Gasteiger partial charge in [0, 0.05) is 12.1 Å². The average Bonchev–Trinajstić information content (AvgIpc) is 2.41. The van der Waals surface area contributed by atoms with E-state index >= 15 is 0 Å². The Hall–Kier alpha value is -2.11. The zero-order chi connectivity index (χ0) is 15.2. The maximum absolute atomic E-state index is 11.1. The van der Waals surface area contributed by atoms with Crippen LogP contribution in [0.25, 0.3) is 0 Å². The Morgan fingerprint density at radius 1 is 1.19 bits per heavy atom. The van der Waals surface area contributed by atoms with Gasteiger partial charge in [-0.1, -0.05) is 32.1 Å². The minimum atomic E-state index is -1.08. The molecule has 21 heavy (non-hydrogen) atoms. The number of nitro benzene ring substituents is 1. The highest BCUT2D eigenvalue weighted by atomic mass is 16.6. The van der Waals surface area contributed by atoms with Crippen molar-refractivity contribution >= 4 is 17.3 Å². The zero-order valence-corrected chi connectivity index (χ0v) is 11.9. The van der Waals surface area contributed by atoms with E-state index in [1.54, 1.807) is 0 Å². The first-order valence-corrected chi connectivity index (χ1v) is 7.36. The molecule has 1 saturated carbocycles. The summed E-state index contributed by atoms with van der Waals surface area (Å²) in [6, 6.07) is 4.06. The first-order chi connectivity index (χ1) is 10.1. The second-order valence-electron chi connectivity index (χ2n) is 5.48. The smallest absolute Gasteiger partial charge is 0.335 e. The van der Waals surface area contributed by atoms with Crippen molar-refractivity contribution in [1.82, 2.24) is 0 Å². The Morgan fingerprint density at radius 3 is 2.38 bits per heavy atom. The molecule has 0 radical (unpaired) electrons. The van der Waals surface area contributed by atoms with E-state index in [0.29, 0.717) is 5.69 Å². The molecule has 1 aliphatic carbocycles. The molecule has 1 aromatic rings. The van der Waals surface area contributed by atoms with Crippen LogP contribution in [0.5, 0.6) is 0 Å². The van der Waals surface area contributed by atoms with Gasteiger partial charge in [-0.05, 0) is 25.0 Å². The van der Waals surface area contributed by atoms with Crippen LogP contribution in [0, 0.1) is 10.1 Å². The van der Waals surface area contributed by atoms with E-state index < -0.39 is 10.9 Å². The van der Waals surface area contributed by atoms with Crippen LogP contribution < -0.4 is 5.32 Å². The van der Waals surface area contributed by atoms with Crippen molar-refractivity contribution < 1.29 is 14.8 Å². The van der Waals surface area contributed by atoms with Gasteiger partial charge in [0.2, 0.25) is 0 Å². The van der Waals surface area contributed by atoms with E-state index in [2.05, 4.69) is 5.32 Å². The largest absolute Gasteiger partial charge is 0.478 e. The molecule has 0 heterocycles. The zero-order valence-electron chi connectivity index (χ0n) is 11.9. The summed E-state index contributed by atoms with van der Waals surface area (Å²) in [7, 11) is 0. The van der Waals surface area contributed by atoms with Crippen molar-refractivity contribution in [3.05, 3.63) is 33.9 Å². The molecule has 2 rings (SSSR count). The van der Waals surface area contributed by atoms with E-state index in [9.17, 15) is 14.9 Å². The third kappa shape index (κ3) is 4.18. The second kappa shape index (κ2) is 7.06. The van der Waals surface area contributed by atoms with Gasteiger partial charge in [0.05, 0.1) is 10.5 Å². The fourth-order valence-corrected chi connectivity index (χ4v) is 2.76. The Bertz CT molecular complexity index is 522. The van der Waals surface area contributed by atoms with Crippen LogP contribution in [0.2, 0.25) is 0 Å². The molecule has 0 spiro atoms. The summed E-state index contributed by atoms with van der Waals surface area (Å²) in [6.07, 6.45) is 7.77. The molecule has 0 saturated heterocycles. The Labute approximate surface area is 123 Å². The van der Waals surface area contributed by atoms with Crippen molar-refractivity contribution in [1.29, 1.82) is 0 Å². The summed E-state index contributed by atoms with van der Waals surface area (Å²) >= 11 is 0. The number of hydrogen-bond donors (Lipinski definition) is 2. The van der Waals surface area contributed by atoms with Crippen molar-refractivity contribution in [2.75, 3.05) is 5.32 Å². The number of carbonyl (C=O) groups is 1. The number of carboxylic acids is 1. The quantitative estimate of drug-likeness (QED) is 0.650. The lowest BCUT2D eigenvalue weighted by Crippen LogP contribution is -2.21. The van der Waals surface area contributed by atoms with E-state index in [-0.39, 0.29) is 17.3 Å². The summed E-state index contributed by atoms with van der Waals surface area (Å²) in [5.41, 5.74) is 0.307. The highest BCUT2D eigenvalue weighted by Crippen LogP contribution is 2.28. The van der Waals surface area contributed by atoms with E-state index in [4.69, 9.17) is 5.11 Å². The monoisotopic (exact) mass is 292 g/mol. The number of aromatic carboxylic acids is 1. The molecule has 1 aromatic carbocycles. The first-order valence-electron chi connectivity index (χ1n) is 7.36. The van der Waals surface area contributed by atoms with Crippen molar-refractivity contribution in [3.8, 4) is 0 Å². The van der Waals surface area contributed by atoms with Crippen LogP contribution in [-0.4, -0.2) is 22.0 Å². The molecule has 0 amide bonds. The predicted molar refractivity (Wildman–Crippen MR) is 79.8 cm³/mol. The Kier molecular flexibility index (Phi) is 5.14. The minimum Gasteiger partial charge on any atom is -0.478 e. The predicted octanol–water partition coefficient (Wildman–Crippen LogP) is 3.82. The third-order valence-corrected chi connectivity index (χ3v) is 3.90. The van der Waals surface area contributed by atoms with Crippen molar-refractivity contribution in [2.24, 2.45) is 0 Å². The number of nitrogens with zero attached hydrogens (tertiary/aromatic N) is 1. The molecule has 1 aliphatic rings. The van der Waals surface area contributed by atoms with Gasteiger partial charge >= 0.3 is 5.97 Å². The molecule has 0 unspecified atom stereocenters. The van der Waals surface area contributed by atoms with E-state index in [1.807, 2.05) is 0 Å². The molecule has 114 valence electrons. The normalized spacial score (nSPS) is 16.8. The van der Waals surface area contributed by atoms with Gasteiger partial charge in [0.15, 0.2) is 0 Å². The SMILES string of the molecule is O=C(O)c1ccc([N+](=O)[O-])c(NC2CCCCCCC2)c1. The van der Waals surface area contributed by atoms with Crippen LogP contribution >= 0.6 is 0 Å². The fourth-order valence-electron chi connectivity index (χ4n) is 2.76. The lowest BCUT2D eigenvalue weighted by atomic mass is 9.96. The molecule has 2 N–H and O–H groups in total. The van der Waals surface area contributed by atoms with Gasteiger partial charge in [-0.2, -0.15) is 0 Å². The van der Waals surface area contributed by atoms with Crippen LogP contribution in [0.1, 0.15) is 55.3 Å². The van der Waals surface area contributed by atoms with Crippen LogP contribution in [0.15, 0.2) is 18.2 Å². The van der Waals surface area contributed by atoms with E-state index in [1.165, 1.54) is 37.5 Å². The fraction of sp³-hybridized carbons (Fsp3) is 0.533. The summed E-state index contributed by atoms with van der Waals surface area (Å²) < 4.78 is 0. The molecule has 0 aromatic heterocycles. The first kappa shape index (κ1) is 15.3. The number of hydrogen-bond acceptors (Lipinski definition) is 4. The summed E-state index contributed by atoms with van der Waals surface area (Å²) in [5.74, 6) is -1.08. The van der Waals surface area contributed by atoms with Crippen molar-refractivity contribution in [3.63, 3.8) is 0 Å². The number of carboxylic acid groups (broad SMARTS) is 1. The summed E-state index contributed by atoms with van der Waals surface area (Å²) in [5, 5.41) is 23.3. The molecular weight excluding hydrogens is 272 g/mol. The highest BCUT2D eigenvalue weighted by molar-refractivity contribution is 5.90. The highest BCUT2D eigenvalue weighted by Gasteiger charge is 2.20. The molecule has 0 bridgehead atoms. The molecular formula is C15H20N2O4. The topological polar surface area (TPSA) is 92.5 Å². The molecule has 1 fully saturated rings. The average molecular weight is 292 g/mol. The number of anilines is 1. The van der Waals surface area contributed by atoms with Gasteiger partial charge in [-0.15, -0.1) is 0 Å². The molecule has 0 atom stereocenters. The number of rotatable bonds is 4. The molecule has 0 aliphatic heterocycles. The second-order valence-corrected chi connectivity index (χ2v) is 5.48. The Morgan fingerprint density at radius 2 is 1.81 bits per heavy atom. The van der Waals surface area contributed by atoms with Gasteiger partial charge in [-0.3, -0.25) is 10.1 Å². The van der Waals surface area contributed by atoms with E-state index in [0.717, 1.165) is 25.7 Å². The van der Waals surface area contributed by atoms with Crippen LogP contribution in [0.3, 0.4) is 0 Å². The van der Waals surface area contributed by atoms with Gasteiger partial charge < -0.3 is 10.4 Å². The number of benzene rings is 1. The number of nitrogens with one attached hydrogen (secondary N) is 1. The maximum atomic E-state index is 11.1. The van der Waals surface area contributed by atoms with Gasteiger partial charge in [0.25, 0.3) is 5.69 Å². The molecule has 6 heteroatoms. The van der Waals surface area contributed by atoms with Crippen LogP contribution in [0.4, 0.5) is 11.4 Å². The van der Waals surface area contributed by atoms with Crippen molar-refractivity contribution in [2.45, 2.75) is 51.0 Å². The lowest BCUT2D eigenvalue weighted by molar-refractivity contribution is -0.384. The summed E-state index contributed by atoms with van der Waals surface area (Å²) in [6.45, 7) is 0. The number of nitro groups is 1. The van der Waals surface area contributed by atoms with Crippen LogP contribution in [-0.2, 0) is 0 Å². The molecule has 6 nitrogen and oxygen atoms in total. The maximum Gasteiger partial charge on any atom is 0.335 e. The standard InChI is InChI=1S/C15H20N2O4/c18-15(19)11-8-9-14(17(20)21)13(10-11)16-12-6-4-2-1-3-5-7-12/h8-10,12,16H,1-7H2,(H,18,19). The Balaban J connectivity index is 2.20. The summed E-state index contributed by atoms with van der Waals surface area (Å²) in [4.78, 5) is 21.6. The minimum absolute atomic E-state index is 0.0638. The van der Waals surface area contributed by atoms with Gasteiger partial charge in [-0.25, -0.2) is 4.79 Å².